The number of rotatable bonds is 5. The molecular weight excluding hydrogens is 260 g/mol. The minimum Gasteiger partial charge on any atom is -0.423 e. The highest BCUT2D eigenvalue weighted by Crippen LogP contribution is 2.08. The third kappa shape index (κ3) is 3.23. The minimum atomic E-state index is -1.68. The second-order valence-electron chi connectivity index (χ2n) is 4.58. The molecule has 0 aliphatic rings. The molecule has 7 heteroatoms. The van der Waals surface area contributed by atoms with Gasteiger partial charge >= 0.3 is 7.12 Å². The maximum atomic E-state index is 13.5. The van der Waals surface area contributed by atoms with Gasteiger partial charge in [-0.3, -0.25) is 0 Å². The van der Waals surface area contributed by atoms with Crippen molar-refractivity contribution in [3.8, 4) is 0 Å². The predicted octanol–water partition coefficient (Wildman–Crippen LogP) is 0.270. The van der Waals surface area contributed by atoms with E-state index in [4.69, 9.17) is 10.0 Å². The van der Waals surface area contributed by atoms with Crippen molar-refractivity contribution < 1.29 is 14.4 Å². The van der Waals surface area contributed by atoms with E-state index < -0.39 is 12.9 Å². The van der Waals surface area contributed by atoms with E-state index in [1.165, 1.54) is 6.07 Å². The molecule has 2 rings (SSSR count). The van der Waals surface area contributed by atoms with E-state index in [2.05, 4.69) is 10.1 Å². The van der Waals surface area contributed by atoms with E-state index in [9.17, 15) is 4.39 Å². The van der Waals surface area contributed by atoms with E-state index in [1.54, 1.807) is 10.7 Å². The van der Waals surface area contributed by atoms with Crippen molar-refractivity contribution in [3.63, 3.8) is 0 Å². The van der Waals surface area contributed by atoms with Crippen molar-refractivity contribution >= 4 is 12.6 Å². The maximum Gasteiger partial charge on any atom is 0.488 e. The molecule has 0 aliphatic heterocycles. The third-order valence-electron chi connectivity index (χ3n) is 3.04. The molecule has 1 aromatic carbocycles. The van der Waals surface area contributed by atoms with Crippen LogP contribution in [-0.2, 0) is 19.4 Å². The molecule has 0 unspecified atom stereocenters. The zero-order chi connectivity index (χ0) is 14.7. The summed E-state index contributed by atoms with van der Waals surface area (Å²) in [5, 5.41) is 22.6. The molecule has 5 nitrogen and oxygen atoms in total. The molecule has 0 radical (unpaired) electrons. The summed E-state index contributed by atoms with van der Waals surface area (Å²) in [5.74, 6) is 1.08. The van der Waals surface area contributed by atoms with Crippen molar-refractivity contribution in [2.24, 2.45) is 0 Å². The molecule has 106 valence electrons. The van der Waals surface area contributed by atoms with Crippen LogP contribution in [0.15, 0.2) is 18.2 Å². The molecular formula is C13H17BFN3O2. The lowest BCUT2D eigenvalue weighted by Gasteiger charge is -2.07. The summed E-state index contributed by atoms with van der Waals surface area (Å²) in [5.41, 5.74) is 0.754. The third-order valence-corrected chi connectivity index (χ3v) is 3.04. The second-order valence-corrected chi connectivity index (χ2v) is 4.58. The van der Waals surface area contributed by atoms with Crippen LogP contribution < -0.4 is 5.46 Å². The van der Waals surface area contributed by atoms with Crippen LogP contribution in [0, 0.1) is 5.82 Å². The Morgan fingerprint density at radius 2 is 1.95 bits per heavy atom. The molecule has 0 bridgehead atoms. The van der Waals surface area contributed by atoms with Crippen LogP contribution in [0.1, 0.15) is 31.1 Å². The summed E-state index contributed by atoms with van der Waals surface area (Å²) in [4.78, 5) is 4.38. The number of aromatic nitrogens is 3. The largest absolute Gasteiger partial charge is 0.488 e. The molecule has 0 saturated carbocycles. The van der Waals surface area contributed by atoms with Gasteiger partial charge in [0.2, 0.25) is 0 Å². The van der Waals surface area contributed by atoms with Gasteiger partial charge in [0.1, 0.15) is 11.6 Å². The molecule has 0 fully saturated rings. The van der Waals surface area contributed by atoms with Crippen LogP contribution >= 0.6 is 0 Å². The van der Waals surface area contributed by atoms with Gasteiger partial charge in [0.15, 0.2) is 5.82 Å². The van der Waals surface area contributed by atoms with Gasteiger partial charge in [-0.15, -0.1) is 0 Å². The monoisotopic (exact) mass is 277 g/mol. The highest BCUT2D eigenvalue weighted by Gasteiger charge is 2.14. The Balaban J connectivity index is 2.31. The highest BCUT2D eigenvalue weighted by atomic mass is 19.1. The number of hydrogen-bond acceptors (Lipinski definition) is 4. The normalized spacial score (nSPS) is 10.8. The van der Waals surface area contributed by atoms with Crippen molar-refractivity contribution in [1.29, 1.82) is 0 Å². The summed E-state index contributed by atoms with van der Waals surface area (Å²) in [7, 11) is -1.68. The molecule has 2 aromatic rings. The van der Waals surface area contributed by atoms with Crippen molar-refractivity contribution in [1.82, 2.24) is 14.8 Å². The first-order valence-corrected chi connectivity index (χ1v) is 6.61. The van der Waals surface area contributed by atoms with Crippen LogP contribution in [0.5, 0.6) is 0 Å². The predicted molar refractivity (Wildman–Crippen MR) is 74.1 cm³/mol. The fourth-order valence-corrected chi connectivity index (χ4v) is 2.05. The first-order valence-electron chi connectivity index (χ1n) is 6.61. The molecule has 2 N–H and O–H groups in total. The molecule has 0 saturated heterocycles. The van der Waals surface area contributed by atoms with Gasteiger partial charge < -0.3 is 10.0 Å². The lowest BCUT2D eigenvalue weighted by atomic mass is 9.79. The summed E-state index contributed by atoms with van der Waals surface area (Å²) >= 11 is 0. The molecule has 1 aromatic heterocycles. The number of halogens is 1. The second kappa shape index (κ2) is 6.15. The maximum absolute atomic E-state index is 13.5. The fraction of sp³-hybridized carbons (Fsp3) is 0.385. The highest BCUT2D eigenvalue weighted by molar-refractivity contribution is 6.58. The average Bonchev–Trinajstić information content (AvgIpc) is 2.80. The summed E-state index contributed by atoms with van der Waals surface area (Å²) in [6.45, 7) is 4.31. The molecule has 0 spiro atoms. The summed E-state index contributed by atoms with van der Waals surface area (Å²) in [6, 6.07) is 4.02. The zero-order valence-electron chi connectivity index (χ0n) is 11.5. The first kappa shape index (κ1) is 14.7. The molecule has 0 atom stereocenters. The molecule has 0 aliphatic carbocycles. The fourth-order valence-electron chi connectivity index (χ4n) is 2.05. The zero-order valence-corrected chi connectivity index (χ0v) is 11.5. The molecule has 1 heterocycles. The number of aryl methyl sites for hydroxylation is 2. The van der Waals surface area contributed by atoms with E-state index in [1.807, 2.05) is 13.8 Å². The van der Waals surface area contributed by atoms with Crippen molar-refractivity contribution in [3.05, 3.63) is 41.2 Å². The SMILES string of the molecule is CCc1nc(CC)n(Cc2cc(F)cc(B(O)O)c2)n1. The van der Waals surface area contributed by atoms with Gasteiger partial charge in [-0.05, 0) is 23.2 Å². The van der Waals surface area contributed by atoms with E-state index in [-0.39, 0.29) is 5.46 Å². The summed E-state index contributed by atoms with van der Waals surface area (Å²) in [6.07, 6.45) is 1.47. The number of benzene rings is 1. The number of hydrogen-bond donors (Lipinski definition) is 2. The van der Waals surface area contributed by atoms with Gasteiger partial charge in [-0.2, -0.15) is 5.10 Å². The average molecular weight is 277 g/mol. The van der Waals surface area contributed by atoms with Gasteiger partial charge in [-0.1, -0.05) is 19.9 Å². The van der Waals surface area contributed by atoms with Gasteiger partial charge in [-0.25, -0.2) is 14.1 Å². The Labute approximate surface area is 117 Å². The van der Waals surface area contributed by atoms with E-state index >= 15 is 0 Å². The van der Waals surface area contributed by atoms with Gasteiger partial charge in [0.05, 0.1) is 6.54 Å². The van der Waals surface area contributed by atoms with Crippen LogP contribution in [0.25, 0.3) is 0 Å². The van der Waals surface area contributed by atoms with Crippen molar-refractivity contribution in [2.75, 3.05) is 0 Å². The van der Waals surface area contributed by atoms with Crippen molar-refractivity contribution in [2.45, 2.75) is 33.2 Å². The van der Waals surface area contributed by atoms with Crippen LogP contribution in [0.2, 0.25) is 0 Å². The Hall–Kier alpha value is -1.73. The number of nitrogens with zero attached hydrogens (tertiary/aromatic N) is 3. The Kier molecular flexibility index (Phi) is 4.51. The Morgan fingerprint density at radius 3 is 2.55 bits per heavy atom. The summed E-state index contributed by atoms with van der Waals surface area (Å²) < 4.78 is 15.2. The molecule has 0 amide bonds. The Morgan fingerprint density at radius 1 is 1.20 bits per heavy atom. The first-order chi connectivity index (χ1) is 9.53. The standard InChI is InChI=1S/C13H17BFN3O2/c1-3-12-16-13(4-2)18(17-12)8-9-5-10(14(19)20)7-11(15)6-9/h5-7,19-20H,3-4,8H2,1-2H3. The van der Waals surface area contributed by atoms with E-state index in [0.29, 0.717) is 12.1 Å². The molecule has 20 heavy (non-hydrogen) atoms. The smallest absolute Gasteiger partial charge is 0.423 e. The lowest BCUT2D eigenvalue weighted by molar-refractivity contribution is 0.425. The van der Waals surface area contributed by atoms with Gasteiger partial charge in [0, 0.05) is 12.8 Å². The van der Waals surface area contributed by atoms with Gasteiger partial charge in [0.25, 0.3) is 0 Å². The quantitative estimate of drug-likeness (QED) is 0.770. The van der Waals surface area contributed by atoms with Crippen LogP contribution in [0.3, 0.4) is 0 Å². The van der Waals surface area contributed by atoms with Crippen LogP contribution in [-0.4, -0.2) is 31.9 Å². The van der Waals surface area contributed by atoms with E-state index in [0.717, 1.165) is 30.6 Å². The topological polar surface area (TPSA) is 71.2 Å². The lowest BCUT2D eigenvalue weighted by Crippen LogP contribution is -2.30. The van der Waals surface area contributed by atoms with Crippen LogP contribution in [0.4, 0.5) is 4.39 Å². The Bertz CT molecular complexity index is 601. The minimum absolute atomic E-state index is 0.133.